The zero-order valence-corrected chi connectivity index (χ0v) is 10.9. The quantitative estimate of drug-likeness (QED) is 0.595. The van der Waals surface area contributed by atoms with Crippen LogP contribution in [0.3, 0.4) is 0 Å². The Bertz CT molecular complexity index is 516. The Morgan fingerprint density at radius 1 is 1.25 bits per heavy atom. The van der Waals surface area contributed by atoms with Gasteiger partial charge in [-0.2, -0.15) is 0 Å². The molecule has 1 aromatic rings. The molecule has 2 aliphatic heterocycles. The van der Waals surface area contributed by atoms with Crippen LogP contribution >= 0.6 is 0 Å². The molecule has 2 unspecified atom stereocenters. The molecule has 0 spiro atoms. The Morgan fingerprint density at radius 2 is 1.85 bits per heavy atom. The summed E-state index contributed by atoms with van der Waals surface area (Å²) in [4.78, 5) is 0. The Hall–Kier alpha value is -1.47. The van der Waals surface area contributed by atoms with Crippen LogP contribution in [0.4, 0.5) is 19.0 Å². The molecule has 20 heavy (non-hydrogen) atoms. The van der Waals surface area contributed by atoms with Crippen LogP contribution in [-0.2, 0) is 22.3 Å². The first-order valence-electron chi connectivity index (χ1n) is 6.33. The second kappa shape index (κ2) is 5.14. The monoisotopic (exact) mass is 289 g/mol. The first-order chi connectivity index (χ1) is 9.60. The van der Waals surface area contributed by atoms with Gasteiger partial charge in [-0.1, -0.05) is 8.96 Å². The van der Waals surface area contributed by atoms with E-state index in [2.05, 4.69) is 0 Å². The van der Waals surface area contributed by atoms with Crippen molar-refractivity contribution in [2.24, 2.45) is 0 Å². The van der Waals surface area contributed by atoms with Gasteiger partial charge in [-0.05, 0) is 17.0 Å². The zero-order valence-electron chi connectivity index (χ0n) is 10.9. The van der Waals surface area contributed by atoms with E-state index in [0.717, 1.165) is 6.07 Å². The number of ether oxygens (including phenoxy) is 3. The van der Waals surface area contributed by atoms with Crippen LogP contribution in [-0.4, -0.2) is 32.5 Å². The van der Waals surface area contributed by atoms with Gasteiger partial charge in [-0.25, -0.2) is 4.39 Å². The Morgan fingerprint density at radius 3 is 2.35 bits per heavy atom. The average Bonchev–Trinajstić information content (AvgIpc) is 3.27. The maximum Gasteiger partial charge on any atom is 0.194 e. The predicted molar refractivity (Wildman–Crippen MR) is 64.5 cm³/mol. The summed E-state index contributed by atoms with van der Waals surface area (Å²) in [6.07, 6.45) is 0.963. The van der Waals surface area contributed by atoms with Gasteiger partial charge in [-0.15, -0.1) is 0 Å². The Kier molecular flexibility index (Phi) is 3.47. The third-order valence-corrected chi connectivity index (χ3v) is 3.47. The van der Waals surface area contributed by atoms with Crippen LogP contribution in [0.15, 0.2) is 6.07 Å². The minimum absolute atomic E-state index is 0.0138. The second-order valence-corrected chi connectivity index (χ2v) is 4.93. The molecule has 7 heteroatoms. The van der Waals surface area contributed by atoms with E-state index in [1.54, 1.807) is 0 Å². The minimum atomic E-state index is -1.23. The lowest BCUT2D eigenvalue weighted by Crippen LogP contribution is -2.10. The lowest BCUT2D eigenvalue weighted by atomic mass is 9.97. The van der Waals surface area contributed by atoms with E-state index in [1.165, 1.54) is 7.11 Å². The molecule has 0 aromatic heterocycles. The van der Waals surface area contributed by atoms with Gasteiger partial charge in [0.15, 0.2) is 11.6 Å². The number of epoxide rings is 2. The summed E-state index contributed by atoms with van der Waals surface area (Å²) < 4.78 is 54.9. The molecule has 0 N–H and O–H groups in total. The normalized spacial score (nSPS) is 23.6. The van der Waals surface area contributed by atoms with Gasteiger partial charge in [-0.3, -0.25) is 0 Å². The van der Waals surface area contributed by atoms with E-state index in [1.807, 2.05) is 0 Å². The number of anilines is 1. The van der Waals surface area contributed by atoms with Crippen LogP contribution in [0.1, 0.15) is 11.1 Å². The average molecular weight is 289 g/mol. The molecule has 0 amide bonds. The SMILES string of the molecule is COc1c(F)c(N(F)F)cc(CC2CO2)c1CC1CO1. The van der Waals surface area contributed by atoms with Crippen LogP contribution in [0.2, 0.25) is 0 Å². The number of hydrogen-bond acceptors (Lipinski definition) is 4. The molecule has 2 aliphatic rings. The lowest BCUT2D eigenvalue weighted by Gasteiger charge is -2.17. The second-order valence-electron chi connectivity index (χ2n) is 4.93. The van der Waals surface area contributed by atoms with Crippen molar-refractivity contribution >= 4 is 5.69 Å². The van der Waals surface area contributed by atoms with Gasteiger partial charge in [0.25, 0.3) is 0 Å². The maximum absolute atomic E-state index is 14.1. The number of benzene rings is 1. The van der Waals surface area contributed by atoms with Gasteiger partial charge >= 0.3 is 0 Å². The zero-order chi connectivity index (χ0) is 14.3. The summed E-state index contributed by atoms with van der Waals surface area (Å²) >= 11 is 0. The molecule has 4 nitrogen and oxygen atoms in total. The number of methoxy groups -OCH3 is 1. The molecular formula is C13H14F3NO3. The highest BCUT2D eigenvalue weighted by atomic mass is 19.4. The van der Waals surface area contributed by atoms with Gasteiger partial charge in [0.2, 0.25) is 0 Å². The molecule has 0 saturated carbocycles. The first-order valence-corrected chi connectivity index (χ1v) is 6.33. The molecule has 0 bridgehead atoms. The molecule has 2 saturated heterocycles. The molecule has 2 heterocycles. The van der Waals surface area contributed by atoms with Crippen LogP contribution in [0.25, 0.3) is 0 Å². The molecule has 2 fully saturated rings. The van der Waals surface area contributed by atoms with Crippen molar-refractivity contribution in [1.82, 2.24) is 0 Å². The Balaban J connectivity index is 2.03. The third kappa shape index (κ3) is 2.69. The summed E-state index contributed by atoms with van der Waals surface area (Å²) in [5, 5.41) is -1.23. The fourth-order valence-corrected chi connectivity index (χ4v) is 2.30. The van der Waals surface area contributed by atoms with Crippen molar-refractivity contribution in [3.63, 3.8) is 0 Å². The van der Waals surface area contributed by atoms with Crippen molar-refractivity contribution in [1.29, 1.82) is 0 Å². The molecule has 3 rings (SSSR count). The molecule has 2 atom stereocenters. The van der Waals surface area contributed by atoms with Crippen molar-refractivity contribution in [3.05, 3.63) is 23.0 Å². The molecule has 0 aliphatic carbocycles. The first kappa shape index (κ1) is 13.5. The molecule has 1 aromatic carbocycles. The van der Waals surface area contributed by atoms with Crippen molar-refractivity contribution in [2.75, 3.05) is 25.7 Å². The summed E-state index contributed by atoms with van der Waals surface area (Å²) in [5.41, 5.74) is 0.433. The highest BCUT2D eigenvalue weighted by Gasteiger charge is 2.32. The number of rotatable bonds is 6. The van der Waals surface area contributed by atoms with E-state index >= 15 is 0 Å². The van der Waals surface area contributed by atoms with E-state index < -0.39 is 16.8 Å². The molecule has 110 valence electrons. The highest BCUT2D eigenvalue weighted by molar-refractivity contribution is 5.57. The smallest absolute Gasteiger partial charge is 0.194 e. The Labute approximate surface area is 113 Å². The van der Waals surface area contributed by atoms with Crippen molar-refractivity contribution in [3.8, 4) is 5.75 Å². The largest absolute Gasteiger partial charge is 0.493 e. The van der Waals surface area contributed by atoms with Crippen molar-refractivity contribution in [2.45, 2.75) is 25.0 Å². The van der Waals surface area contributed by atoms with Crippen molar-refractivity contribution < 1.29 is 27.6 Å². The summed E-state index contributed by atoms with van der Waals surface area (Å²) in [7, 11) is 1.28. The third-order valence-electron chi connectivity index (χ3n) is 3.47. The topological polar surface area (TPSA) is 37.5 Å². The fourth-order valence-electron chi connectivity index (χ4n) is 2.30. The number of halogens is 3. The number of nitrogens with zero attached hydrogens (tertiary/aromatic N) is 1. The predicted octanol–water partition coefficient (Wildman–Crippen LogP) is 2.29. The highest BCUT2D eigenvalue weighted by Crippen LogP contribution is 2.38. The molecule has 0 radical (unpaired) electrons. The van der Waals surface area contributed by atoms with Gasteiger partial charge in [0.05, 0.1) is 32.5 Å². The van der Waals surface area contributed by atoms with E-state index in [-0.39, 0.29) is 18.0 Å². The summed E-state index contributed by atoms with van der Waals surface area (Å²) in [5.74, 6) is -1.18. The number of hydrogen-bond donors (Lipinski definition) is 0. The fraction of sp³-hybridized carbons (Fsp3) is 0.538. The van der Waals surface area contributed by atoms with E-state index in [4.69, 9.17) is 14.2 Å². The molecular weight excluding hydrogens is 275 g/mol. The van der Waals surface area contributed by atoms with E-state index in [9.17, 15) is 13.4 Å². The standard InChI is InChI=1S/C13H14F3NO3/c1-18-13-10(4-9-6-20-9)7(2-8-5-19-8)3-11(12(13)14)17(15)16/h3,8-9H,2,4-6H2,1H3. The summed E-state index contributed by atoms with van der Waals surface area (Å²) in [6, 6.07) is 1.16. The van der Waals surface area contributed by atoms with E-state index in [0.29, 0.717) is 37.2 Å². The van der Waals surface area contributed by atoms with Gasteiger partial charge in [0.1, 0.15) is 5.69 Å². The van der Waals surface area contributed by atoms with Crippen LogP contribution < -0.4 is 10.1 Å². The summed E-state index contributed by atoms with van der Waals surface area (Å²) in [6.45, 7) is 1.20. The van der Waals surface area contributed by atoms with Gasteiger partial charge in [0, 0.05) is 18.4 Å². The van der Waals surface area contributed by atoms with Crippen LogP contribution in [0, 0.1) is 5.82 Å². The minimum Gasteiger partial charge on any atom is -0.493 e. The van der Waals surface area contributed by atoms with Crippen LogP contribution in [0.5, 0.6) is 5.75 Å². The lowest BCUT2D eigenvalue weighted by molar-refractivity contribution is 0.229. The maximum atomic E-state index is 14.1. The van der Waals surface area contributed by atoms with Gasteiger partial charge < -0.3 is 14.2 Å².